The Morgan fingerprint density at radius 2 is 2.17 bits per heavy atom. The van der Waals surface area contributed by atoms with E-state index in [1.165, 1.54) is 6.07 Å². The van der Waals surface area contributed by atoms with Gasteiger partial charge in [-0.15, -0.1) is 5.92 Å². The fourth-order valence-corrected chi connectivity index (χ4v) is 2.39. The lowest BCUT2D eigenvalue weighted by Crippen LogP contribution is -2.26. The molecule has 0 aromatic heterocycles. The van der Waals surface area contributed by atoms with Gasteiger partial charge in [0.1, 0.15) is 0 Å². The Kier molecular flexibility index (Phi) is 4.31. The molecular formula is C11H12N2O4S. The molecule has 0 aliphatic carbocycles. The van der Waals surface area contributed by atoms with E-state index in [1.807, 2.05) is 0 Å². The van der Waals surface area contributed by atoms with Crippen LogP contribution in [-0.2, 0) is 10.0 Å². The van der Waals surface area contributed by atoms with Crippen LogP contribution in [0.3, 0.4) is 0 Å². The largest absolute Gasteiger partial charge is 0.478 e. The summed E-state index contributed by atoms with van der Waals surface area (Å²) >= 11 is 0. The predicted octanol–water partition coefficient (Wildman–Crippen LogP) is 0.269. The van der Waals surface area contributed by atoms with Gasteiger partial charge >= 0.3 is 5.97 Å². The Morgan fingerprint density at radius 1 is 1.50 bits per heavy atom. The number of rotatable bonds is 4. The van der Waals surface area contributed by atoms with Gasteiger partial charge in [0.25, 0.3) is 0 Å². The summed E-state index contributed by atoms with van der Waals surface area (Å²) in [4.78, 5) is 10.6. The third-order valence-electron chi connectivity index (χ3n) is 2.05. The van der Waals surface area contributed by atoms with E-state index in [-0.39, 0.29) is 22.7 Å². The van der Waals surface area contributed by atoms with Gasteiger partial charge in [0.15, 0.2) is 0 Å². The first-order chi connectivity index (χ1) is 8.38. The van der Waals surface area contributed by atoms with Crippen LogP contribution in [0.5, 0.6) is 0 Å². The van der Waals surface area contributed by atoms with Gasteiger partial charge in [-0.3, -0.25) is 0 Å². The third-order valence-corrected chi connectivity index (χ3v) is 3.49. The monoisotopic (exact) mass is 268 g/mol. The molecule has 0 saturated carbocycles. The topological polar surface area (TPSA) is 109 Å². The van der Waals surface area contributed by atoms with Crippen molar-refractivity contribution in [1.29, 1.82) is 0 Å². The molecule has 0 heterocycles. The van der Waals surface area contributed by atoms with Gasteiger partial charge in [-0.05, 0) is 25.1 Å². The molecular weight excluding hydrogens is 256 g/mol. The lowest BCUT2D eigenvalue weighted by Gasteiger charge is -2.08. The number of hydrogen-bond donors (Lipinski definition) is 3. The quantitative estimate of drug-likeness (QED) is 0.536. The lowest BCUT2D eigenvalue weighted by molar-refractivity contribution is 0.0692. The second-order valence-electron chi connectivity index (χ2n) is 3.31. The molecule has 0 spiro atoms. The second kappa shape index (κ2) is 5.53. The van der Waals surface area contributed by atoms with Crippen molar-refractivity contribution < 1.29 is 18.3 Å². The van der Waals surface area contributed by atoms with Crippen molar-refractivity contribution in [1.82, 2.24) is 4.72 Å². The van der Waals surface area contributed by atoms with E-state index in [9.17, 15) is 13.2 Å². The number of anilines is 1. The van der Waals surface area contributed by atoms with Crippen LogP contribution in [0.2, 0.25) is 0 Å². The maximum atomic E-state index is 11.9. The number of nitrogens with two attached hydrogens (primary N) is 1. The maximum Gasteiger partial charge on any atom is 0.337 e. The zero-order valence-electron chi connectivity index (χ0n) is 9.60. The van der Waals surface area contributed by atoms with Crippen molar-refractivity contribution in [2.45, 2.75) is 11.8 Å². The zero-order valence-corrected chi connectivity index (χ0v) is 10.4. The summed E-state index contributed by atoms with van der Waals surface area (Å²) in [5.41, 5.74) is 5.30. The minimum atomic E-state index is -3.94. The number of aromatic carboxylic acids is 1. The molecule has 0 amide bonds. The van der Waals surface area contributed by atoms with Crippen LogP contribution >= 0.6 is 0 Å². The summed E-state index contributed by atoms with van der Waals surface area (Å²) in [5.74, 6) is 3.70. The molecule has 1 aromatic rings. The molecule has 0 aliphatic heterocycles. The predicted molar refractivity (Wildman–Crippen MR) is 66.5 cm³/mol. The molecule has 1 aromatic carbocycles. The number of benzene rings is 1. The number of carbonyl (C=O) groups is 1. The summed E-state index contributed by atoms with van der Waals surface area (Å²) < 4.78 is 26.0. The molecule has 1 rings (SSSR count). The molecule has 0 unspecified atom stereocenters. The molecule has 6 nitrogen and oxygen atoms in total. The van der Waals surface area contributed by atoms with Crippen molar-refractivity contribution >= 4 is 21.7 Å². The third kappa shape index (κ3) is 3.23. The Labute approximate surface area is 105 Å². The summed E-state index contributed by atoms with van der Waals surface area (Å²) in [6, 6.07) is 3.58. The van der Waals surface area contributed by atoms with Crippen LogP contribution in [0.1, 0.15) is 17.3 Å². The summed E-state index contributed by atoms with van der Waals surface area (Å²) in [6.07, 6.45) is 0. The summed E-state index contributed by atoms with van der Waals surface area (Å²) in [7, 11) is -3.94. The highest BCUT2D eigenvalue weighted by Gasteiger charge is 2.21. The van der Waals surface area contributed by atoms with E-state index >= 15 is 0 Å². The van der Waals surface area contributed by atoms with Crippen molar-refractivity contribution in [3.8, 4) is 11.8 Å². The van der Waals surface area contributed by atoms with Crippen LogP contribution in [0, 0.1) is 11.8 Å². The van der Waals surface area contributed by atoms with Gasteiger partial charge in [-0.2, -0.15) is 4.72 Å². The molecule has 0 fully saturated rings. The number of carboxylic acid groups (broad SMARTS) is 1. The minimum Gasteiger partial charge on any atom is -0.478 e. The number of nitrogen functional groups attached to an aromatic ring is 1. The Bertz CT molecular complexity index is 626. The van der Waals surface area contributed by atoms with Crippen molar-refractivity contribution in [2.24, 2.45) is 0 Å². The molecule has 0 aliphatic rings. The molecule has 18 heavy (non-hydrogen) atoms. The Hall–Kier alpha value is -2.04. The number of carboxylic acids is 1. The summed E-state index contributed by atoms with van der Waals surface area (Å²) in [5, 5.41) is 8.93. The molecule has 0 saturated heterocycles. The summed E-state index contributed by atoms with van der Waals surface area (Å²) in [6.45, 7) is 1.48. The van der Waals surface area contributed by atoms with Crippen molar-refractivity contribution in [3.05, 3.63) is 23.8 Å². The van der Waals surface area contributed by atoms with Gasteiger partial charge in [0, 0.05) is 5.69 Å². The average Bonchev–Trinajstić information content (AvgIpc) is 2.28. The van der Waals surface area contributed by atoms with E-state index in [1.54, 1.807) is 6.92 Å². The van der Waals surface area contributed by atoms with E-state index in [0.29, 0.717) is 0 Å². The first-order valence-corrected chi connectivity index (χ1v) is 6.39. The fourth-order valence-electron chi connectivity index (χ4n) is 1.24. The van der Waals surface area contributed by atoms with Crippen LogP contribution < -0.4 is 10.5 Å². The molecule has 4 N–H and O–H groups in total. The minimum absolute atomic E-state index is 0.0906. The standard InChI is InChI=1S/C11H12N2O4S/c1-2-3-6-13-18(16,17)10-7-8(12)4-5-9(10)11(14)15/h4-5,7,13H,6,12H2,1H3,(H,14,15). The van der Waals surface area contributed by atoms with Crippen molar-refractivity contribution in [2.75, 3.05) is 12.3 Å². The van der Waals surface area contributed by atoms with Crippen LogP contribution in [0.4, 0.5) is 5.69 Å². The van der Waals surface area contributed by atoms with E-state index in [0.717, 1.165) is 12.1 Å². The van der Waals surface area contributed by atoms with Gasteiger partial charge in [-0.25, -0.2) is 13.2 Å². The molecule has 0 radical (unpaired) electrons. The van der Waals surface area contributed by atoms with Gasteiger partial charge < -0.3 is 10.8 Å². The fraction of sp³-hybridized carbons (Fsp3) is 0.182. The Morgan fingerprint density at radius 3 is 2.72 bits per heavy atom. The second-order valence-corrected chi connectivity index (χ2v) is 5.05. The van der Waals surface area contributed by atoms with Crippen LogP contribution in [0.25, 0.3) is 0 Å². The first-order valence-electron chi connectivity index (χ1n) is 4.90. The first kappa shape index (κ1) is 14.0. The highest BCUT2D eigenvalue weighted by Crippen LogP contribution is 2.18. The van der Waals surface area contributed by atoms with Gasteiger partial charge in [0.05, 0.1) is 17.0 Å². The average molecular weight is 268 g/mol. The molecule has 96 valence electrons. The smallest absolute Gasteiger partial charge is 0.337 e. The van der Waals surface area contributed by atoms with E-state index in [4.69, 9.17) is 10.8 Å². The van der Waals surface area contributed by atoms with E-state index < -0.39 is 16.0 Å². The zero-order chi connectivity index (χ0) is 13.8. The lowest BCUT2D eigenvalue weighted by atomic mass is 10.2. The number of hydrogen-bond acceptors (Lipinski definition) is 4. The SMILES string of the molecule is CC#CCNS(=O)(=O)c1cc(N)ccc1C(=O)O. The van der Waals surface area contributed by atoms with Crippen LogP contribution in [-0.4, -0.2) is 26.0 Å². The van der Waals surface area contributed by atoms with Gasteiger partial charge in [-0.1, -0.05) is 5.92 Å². The molecule has 7 heteroatoms. The maximum absolute atomic E-state index is 11.9. The van der Waals surface area contributed by atoms with E-state index in [2.05, 4.69) is 16.6 Å². The highest BCUT2D eigenvalue weighted by atomic mass is 32.2. The normalized spacial score (nSPS) is 10.5. The Balaban J connectivity index is 3.24. The highest BCUT2D eigenvalue weighted by molar-refractivity contribution is 7.89. The number of sulfonamides is 1. The molecule has 0 atom stereocenters. The van der Waals surface area contributed by atoms with Crippen LogP contribution in [0.15, 0.2) is 23.1 Å². The number of nitrogens with one attached hydrogen (secondary N) is 1. The van der Waals surface area contributed by atoms with Crippen molar-refractivity contribution in [3.63, 3.8) is 0 Å². The molecule has 0 bridgehead atoms. The van der Waals surface area contributed by atoms with Gasteiger partial charge in [0.2, 0.25) is 10.0 Å².